The molecule has 0 bridgehead atoms. The SMILES string of the molecule is CCCC(Br)C(=O)c1cccc(C(=O)OC)c1. The van der Waals surface area contributed by atoms with Gasteiger partial charge in [-0.2, -0.15) is 0 Å². The van der Waals surface area contributed by atoms with Crippen molar-refractivity contribution in [3.05, 3.63) is 35.4 Å². The average molecular weight is 299 g/mol. The number of methoxy groups -OCH3 is 1. The third-order valence-electron chi connectivity index (χ3n) is 2.39. The number of rotatable bonds is 5. The number of carbonyl (C=O) groups excluding carboxylic acids is 2. The van der Waals surface area contributed by atoms with E-state index in [2.05, 4.69) is 20.7 Å². The number of hydrogen-bond acceptors (Lipinski definition) is 3. The minimum atomic E-state index is -0.429. The number of halogens is 1. The predicted octanol–water partition coefficient (Wildman–Crippen LogP) is 3.22. The number of hydrogen-bond donors (Lipinski definition) is 0. The maximum Gasteiger partial charge on any atom is 0.337 e. The van der Waals surface area contributed by atoms with Crippen molar-refractivity contribution < 1.29 is 14.3 Å². The van der Waals surface area contributed by atoms with Gasteiger partial charge in [-0.25, -0.2) is 4.79 Å². The number of ether oxygens (including phenoxy) is 1. The van der Waals surface area contributed by atoms with Gasteiger partial charge in [0.15, 0.2) is 5.78 Å². The second kappa shape index (κ2) is 6.55. The van der Waals surface area contributed by atoms with Gasteiger partial charge in [-0.05, 0) is 18.6 Å². The molecule has 4 heteroatoms. The van der Waals surface area contributed by atoms with E-state index < -0.39 is 5.97 Å². The molecule has 3 nitrogen and oxygen atoms in total. The van der Waals surface area contributed by atoms with Crippen molar-refractivity contribution in [3.63, 3.8) is 0 Å². The zero-order chi connectivity index (χ0) is 12.8. The lowest BCUT2D eigenvalue weighted by Gasteiger charge is -2.08. The largest absolute Gasteiger partial charge is 0.465 e. The van der Waals surface area contributed by atoms with Crippen LogP contribution in [0.25, 0.3) is 0 Å². The first-order chi connectivity index (χ1) is 8.10. The van der Waals surface area contributed by atoms with Crippen LogP contribution in [0, 0.1) is 0 Å². The number of carbonyl (C=O) groups is 2. The highest BCUT2D eigenvalue weighted by Gasteiger charge is 2.17. The summed E-state index contributed by atoms with van der Waals surface area (Å²) in [6, 6.07) is 6.59. The van der Waals surface area contributed by atoms with Crippen molar-refractivity contribution in [1.29, 1.82) is 0 Å². The zero-order valence-corrected chi connectivity index (χ0v) is 11.5. The molecule has 0 heterocycles. The summed E-state index contributed by atoms with van der Waals surface area (Å²) in [7, 11) is 1.32. The van der Waals surface area contributed by atoms with Crippen LogP contribution in [0.3, 0.4) is 0 Å². The number of esters is 1. The smallest absolute Gasteiger partial charge is 0.337 e. The first-order valence-electron chi connectivity index (χ1n) is 5.46. The lowest BCUT2D eigenvalue weighted by molar-refractivity contribution is 0.0600. The Bertz CT molecular complexity index is 415. The molecule has 92 valence electrons. The number of Topliss-reactive ketones (excluding diaryl/α,β-unsaturated/α-hetero) is 1. The maximum atomic E-state index is 12.0. The Hall–Kier alpha value is -1.16. The van der Waals surface area contributed by atoms with Crippen LogP contribution in [-0.4, -0.2) is 23.7 Å². The summed E-state index contributed by atoms with van der Waals surface area (Å²) in [5.74, 6) is -0.432. The quantitative estimate of drug-likeness (QED) is 0.476. The highest BCUT2D eigenvalue weighted by atomic mass is 79.9. The summed E-state index contributed by atoms with van der Waals surface area (Å²) >= 11 is 3.35. The molecule has 0 aromatic heterocycles. The highest BCUT2D eigenvalue weighted by Crippen LogP contribution is 2.16. The molecule has 0 aliphatic heterocycles. The summed E-state index contributed by atoms with van der Waals surface area (Å²) < 4.78 is 4.62. The molecule has 1 aromatic carbocycles. The van der Waals surface area contributed by atoms with E-state index in [4.69, 9.17) is 0 Å². The number of ketones is 1. The van der Waals surface area contributed by atoms with Gasteiger partial charge in [0.1, 0.15) is 0 Å². The average Bonchev–Trinajstić information content (AvgIpc) is 2.37. The molecule has 1 unspecified atom stereocenters. The lowest BCUT2D eigenvalue weighted by atomic mass is 10.0. The second-order valence-corrected chi connectivity index (χ2v) is 4.80. The van der Waals surface area contributed by atoms with Crippen molar-refractivity contribution in [2.24, 2.45) is 0 Å². The van der Waals surface area contributed by atoms with Crippen molar-refractivity contribution in [2.75, 3.05) is 7.11 Å². The molecule has 0 saturated carbocycles. The summed E-state index contributed by atoms with van der Waals surface area (Å²) in [6.07, 6.45) is 1.71. The van der Waals surface area contributed by atoms with Gasteiger partial charge in [-0.3, -0.25) is 4.79 Å². The van der Waals surface area contributed by atoms with Gasteiger partial charge >= 0.3 is 5.97 Å². The zero-order valence-electron chi connectivity index (χ0n) is 9.90. The highest BCUT2D eigenvalue weighted by molar-refractivity contribution is 9.10. The summed E-state index contributed by atoms with van der Waals surface area (Å²) in [5, 5.41) is 0. The van der Waals surface area contributed by atoms with Crippen molar-refractivity contribution in [2.45, 2.75) is 24.6 Å². The van der Waals surface area contributed by atoms with Gasteiger partial charge in [0.05, 0.1) is 17.5 Å². The molecule has 0 aliphatic carbocycles. The fourth-order valence-electron chi connectivity index (χ4n) is 1.48. The van der Waals surface area contributed by atoms with Crippen LogP contribution in [0.5, 0.6) is 0 Å². The van der Waals surface area contributed by atoms with E-state index in [1.54, 1.807) is 24.3 Å². The van der Waals surface area contributed by atoms with Gasteiger partial charge in [-0.15, -0.1) is 0 Å². The molecule has 0 spiro atoms. The maximum absolute atomic E-state index is 12.0. The van der Waals surface area contributed by atoms with Crippen LogP contribution < -0.4 is 0 Å². The van der Waals surface area contributed by atoms with Crippen LogP contribution in [-0.2, 0) is 4.74 Å². The van der Waals surface area contributed by atoms with E-state index >= 15 is 0 Å². The van der Waals surface area contributed by atoms with E-state index in [9.17, 15) is 9.59 Å². The van der Waals surface area contributed by atoms with Crippen molar-refractivity contribution >= 4 is 27.7 Å². The molecule has 1 atom stereocenters. The third-order valence-corrected chi connectivity index (χ3v) is 3.27. The Labute approximate surface area is 109 Å². The van der Waals surface area contributed by atoms with Crippen LogP contribution in [0.4, 0.5) is 0 Å². The molecule has 0 amide bonds. The molecule has 0 N–H and O–H groups in total. The van der Waals surface area contributed by atoms with E-state index in [0.717, 1.165) is 12.8 Å². The molecular formula is C13H15BrO3. The second-order valence-electron chi connectivity index (χ2n) is 3.69. The molecule has 0 radical (unpaired) electrons. The van der Waals surface area contributed by atoms with Gasteiger partial charge in [0, 0.05) is 5.56 Å². The number of alkyl halides is 1. The van der Waals surface area contributed by atoms with Crippen LogP contribution in [0.15, 0.2) is 24.3 Å². The molecular weight excluding hydrogens is 284 g/mol. The minimum absolute atomic E-state index is 0.00222. The van der Waals surface area contributed by atoms with E-state index in [1.807, 2.05) is 6.92 Å². The van der Waals surface area contributed by atoms with Crippen LogP contribution in [0.2, 0.25) is 0 Å². The lowest BCUT2D eigenvalue weighted by Crippen LogP contribution is -2.14. The topological polar surface area (TPSA) is 43.4 Å². The Morgan fingerprint density at radius 3 is 2.59 bits per heavy atom. The molecule has 1 rings (SSSR count). The monoisotopic (exact) mass is 298 g/mol. The first-order valence-corrected chi connectivity index (χ1v) is 6.38. The fraction of sp³-hybridized carbons (Fsp3) is 0.385. The predicted molar refractivity (Wildman–Crippen MR) is 69.7 cm³/mol. The van der Waals surface area contributed by atoms with Crippen molar-refractivity contribution in [1.82, 2.24) is 0 Å². The Morgan fingerprint density at radius 2 is 2.00 bits per heavy atom. The standard InChI is InChI=1S/C13H15BrO3/c1-3-5-11(14)12(15)9-6-4-7-10(8-9)13(16)17-2/h4,6-8,11H,3,5H2,1-2H3. The third kappa shape index (κ3) is 3.66. The molecule has 0 fully saturated rings. The molecule has 1 aromatic rings. The summed E-state index contributed by atoms with van der Waals surface area (Å²) in [4.78, 5) is 23.1. The Kier molecular flexibility index (Phi) is 5.35. The van der Waals surface area contributed by atoms with Gasteiger partial charge in [0.2, 0.25) is 0 Å². The molecule has 0 saturated heterocycles. The van der Waals surface area contributed by atoms with Crippen molar-refractivity contribution in [3.8, 4) is 0 Å². The molecule has 0 aliphatic rings. The Balaban J connectivity index is 2.91. The normalized spacial score (nSPS) is 11.9. The van der Waals surface area contributed by atoms with E-state index in [1.165, 1.54) is 7.11 Å². The molecule has 17 heavy (non-hydrogen) atoms. The van der Waals surface area contributed by atoms with Gasteiger partial charge < -0.3 is 4.74 Å². The van der Waals surface area contributed by atoms with E-state index in [-0.39, 0.29) is 10.6 Å². The minimum Gasteiger partial charge on any atom is -0.465 e. The van der Waals surface area contributed by atoms with Gasteiger partial charge in [0.25, 0.3) is 0 Å². The van der Waals surface area contributed by atoms with Gasteiger partial charge in [-0.1, -0.05) is 41.4 Å². The van der Waals surface area contributed by atoms with E-state index in [0.29, 0.717) is 11.1 Å². The summed E-state index contributed by atoms with van der Waals surface area (Å²) in [5.41, 5.74) is 0.928. The van der Waals surface area contributed by atoms with Crippen LogP contribution in [0.1, 0.15) is 40.5 Å². The first kappa shape index (κ1) is 13.9. The summed E-state index contributed by atoms with van der Waals surface area (Å²) in [6.45, 7) is 2.02. The fourth-order valence-corrected chi connectivity index (χ4v) is 2.20. The Morgan fingerprint density at radius 1 is 1.35 bits per heavy atom. The van der Waals surface area contributed by atoms with Crippen LogP contribution >= 0.6 is 15.9 Å². The number of benzene rings is 1.